The van der Waals surface area contributed by atoms with Crippen LogP contribution in [0.15, 0.2) is 42.7 Å². The number of aromatic nitrogens is 2. The molecule has 3 aromatic rings. The van der Waals surface area contributed by atoms with E-state index in [1.165, 1.54) is 13.4 Å². The molecule has 3 rings (SSSR count). The van der Waals surface area contributed by atoms with Crippen LogP contribution in [0.1, 0.15) is 10.4 Å². The minimum atomic E-state index is -0.400. The molecule has 0 spiro atoms. The van der Waals surface area contributed by atoms with Crippen LogP contribution in [-0.2, 0) is 4.74 Å². The third-order valence-corrected chi connectivity index (χ3v) is 3.69. The highest BCUT2D eigenvalue weighted by atomic mass is 16.5. The summed E-state index contributed by atoms with van der Waals surface area (Å²) in [5.41, 5.74) is 1.78. The van der Waals surface area contributed by atoms with E-state index in [-0.39, 0.29) is 0 Å². The lowest BCUT2D eigenvalue weighted by atomic mass is 10.1. The highest BCUT2D eigenvalue weighted by molar-refractivity contribution is 5.96. The average Bonchev–Trinajstić information content (AvgIpc) is 2.66. The monoisotopic (exact) mass is 339 g/mol. The molecular weight excluding hydrogens is 322 g/mol. The van der Waals surface area contributed by atoms with Crippen LogP contribution in [0.4, 0.5) is 11.5 Å². The maximum absolute atomic E-state index is 11.7. The fraction of sp³-hybridized carbons (Fsp3) is 0.167. The first kappa shape index (κ1) is 16.5. The predicted molar refractivity (Wildman–Crippen MR) is 93.7 cm³/mol. The van der Waals surface area contributed by atoms with Crippen molar-refractivity contribution in [1.82, 2.24) is 9.97 Å². The Morgan fingerprint density at radius 1 is 1.04 bits per heavy atom. The first-order valence-corrected chi connectivity index (χ1v) is 7.49. The molecule has 0 fully saturated rings. The molecule has 0 bridgehead atoms. The van der Waals surface area contributed by atoms with E-state index >= 15 is 0 Å². The van der Waals surface area contributed by atoms with Gasteiger partial charge in [0, 0.05) is 11.1 Å². The number of rotatable bonds is 5. The smallest absolute Gasteiger partial charge is 0.337 e. The first-order valence-electron chi connectivity index (χ1n) is 7.49. The fourth-order valence-electron chi connectivity index (χ4n) is 2.52. The number of anilines is 2. The van der Waals surface area contributed by atoms with Gasteiger partial charge in [-0.25, -0.2) is 14.8 Å². The van der Waals surface area contributed by atoms with Crippen LogP contribution in [0.3, 0.4) is 0 Å². The highest BCUT2D eigenvalue weighted by Crippen LogP contribution is 2.36. The second-order valence-electron chi connectivity index (χ2n) is 5.12. The number of esters is 1. The van der Waals surface area contributed by atoms with E-state index in [2.05, 4.69) is 15.3 Å². The van der Waals surface area contributed by atoms with Gasteiger partial charge in [0.15, 0.2) is 11.5 Å². The van der Waals surface area contributed by atoms with Gasteiger partial charge in [-0.1, -0.05) is 6.07 Å². The van der Waals surface area contributed by atoms with E-state index in [0.717, 1.165) is 5.39 Å². The lowest BCUT2D eigenvalue weighted by molar-refractivity contribution is 0.0601. The number of methoxy groups -OCH3 is 3. The van der Waals surface area contributed by atoms with E-state index in [1.54, 1.807) is 38.5 Å². The van der Waals surface area contributed by atoms with E-state index < -0.39 is 5.97 Å². The molecule has 0 aliphatic rings. The molecule has 128 valence electrons. The van der Waals surface area contributed by atoms with Crippen molar-refractivity contribution in [2.24, 2.45) is 0 Å². The first-order chi connectivity index (χ1) is 12.2. The largest absolute Gasteiger partial charge is 0.493 e. The lowest BCUT2D eigenvalue weighted by Gasteiger charge is -2.13. The van der Waals surface area contributed by atoms with Crippen molar-refractivity contribution < 1.29 is 19.0 Å². The van der Waals surface area contributed by atoms with Gasteiger partial charge < -0.3 is 19.5 Å². The molecular formula is C18H17N3O4. The number of ether oxygens (including phenoxy) is 3. The van der Waals surface area contributed by atoms with Crippen molar-refractivity contribution in [2.75, 3.05) is 26.6 Å². The lowest BCUT2D eigenvalue weighted by Crippen LogP contribution is -2.03. The Morgan fingerprint density at radius 3 is 2.60 bits per heavy atom. The molecule has 7 nitrogen and oxygen atoms in total. The molecule has 25 heavy (non-hydrogen) atoms. The van der Waals surface area contributed by atoms with Gasteiger partial charge >= 0.3 is 5.97 Å². The number of fused-ring (bicyclic) bond motifs is 1. The fourth-order valence-corrected chi connectivity index (χ4v) is 2.52. The van der Waals surface area contributed by atoms with Gasteiger partial charge in [-0.2, -0.15) is 0 Å². The summed E-state index contributed by atoms with van der Waals surface area (Å²) in [5, 5.41) is 3.97. The quantitative estimate of drug-likeness (QED) is 0.715. The summed E-state index contributed by atoms with van der Waals surface area (Å²) in [6, 6.07) is 10.6. The molecule has 0 saturated carbocycles. The van der Waals surface area contributed by atoms with E-state index in [0.29, 0.717) is 34.1 Å². The van der Waals surface area contributed by atoms with Crippen LogP contribution in [0.5, 0.6) is 11.5 Å². The molecule has 0 radical (unpaired) electrons. The Hall–Kier alpha value is -3.35. The van der Waals surface area contributed by atoms with E-state index in [4.69, 9.17) is 14.2 Å². The Labute approximate surface area is 144 Å². The Kier molecular flexibility index (Phi) is 4.65. The summed E-state index contributed by atoms with van der Waals surface area (Å²) in [5.74, 6) is 1.32. The van der Waals surface area contributed by atoms with Crippen molar-refractivity contribution in [3.63, 3.8) is 0 Å². The Bertz CT molecular complexity index is 927. The minimum absolute atomic E-state index is 0.400. The third-order valence-electron chi connectivity index (χ3n) is 3.69. The molecule has 0 atom stereocenters. The molecule has 1 aromatic heterocycles. The zero-order valence-electron chi connectivity index (χ0n) is 14.1. The number of carbonyl (C=O) groups excluding carboxylic acids is 1. The summed E-state index contributed by atoms with van der Waals surface area (Å²) in [4.78, 5) is 20.3. The van der Waals surface area contributed by atoms with Crippen LogP contribution < -0.4 is 14.8 Å². The van der Waals surface area contributed by atoms with Gasteiger partial charge in [0.1, 0.15) is 17.7 Å². The maximum atomic E-state index is 11.7. The summed E-state index contributed by atoms with van der Waals surface area (Å²) in [6.45, 7) is 0. The van der Waals surface area contributed by atoms with Gasteiger partial charge in [0.05, 0.1) is 26.9 Å². The predicted octanol–water partition coefficient (Wildman–Crippen LogP) is 3.18. The minimum Gasteiger partial charge on any atom is -0.493 e. The average molecular weight is 339 g/mol. The number of benzene rings is 2. The van der Waals surface area contributed by atoms with Crippen molar-refractivity contribution >= 4 is 28.4 Å². The Morgan fingerprint density at radius 2 is 1.88 bits per heavy atom. The number of nitrogens with zero attached hydrogens (tertiary/aromatic N) is 2. The third kappa shape index (κ3) is 3.16. The van der Waals surface area contributed by atoms with E-state index in [9.17, 15) is 4.79 Å². The van der Waals surface area contributed by atoms with Gasteiger partial charge in [-0.15, -0.1) is 0 Å². The topological polar surface area (TPSA) is 82.6 Å². The van der Waals surface area contributed by atoms with Gasteiger partial charge in [-0.3, -0.25) is 0 Å². The van der Waals surface area contributed by atoms with E-state index in [1.807, 2.05) is 12.1 Å². The molecule has 0 saturated heterocycles. The molecule has 0 aliphatic heterocycles. The van der Waals surface area contributed by atoms with Crippen LogP contribution in [0.2, 0.25) is 0 Å². The standard InChI is InChI=1S/C18H17N3O4/c1-23-14-8-7-13-15(16(14)24-2)19-10-20-17(13)21-12-6-4-5-11(9-12)18(22)25-3/h4-10H,1-3H3,(H,19,20,21). The van der Waals surface area contributed by atoms with Gasteiger partial charge in [0.2, 0.25) is 0 Å². The van der Waals surface area contributed by atoms with Crippen LogP contribution in [0, 0.1) is 0 Å². The van der Waals surface area contributed by atoms with Gasteiger partial charge in [-0.05, 0) is 30.3 Å². The number of hydrogen-bond acceptors (Lipinski definition) is 7. The molecule has 1 heterocycles. The summed E-state index contributed by atoms with van der Waals surface area (Å²) in [6.07, 6.45) is 1.44. The molecule has 0 unspecified atom stereocenters. The maximum Gasteiger partial charge on any atom is 0.337 e. The molecule has 0 amide bonds. The molecule has 7 heteroatoms. The number of carbonyl (C=O) groups is 1. The van der Waals surface area contributed by atoms with Crippen molar-refractivity contribution in [1.29, 1.82) is 0 Å². The normalized spacial score (nSPS) is 10.4. The molecule has 0 aliphatic carbocycles. The summed E-state index contributed by atoms with van der Waals surface area (Å²) >= 11 is 0. The van der Waals surface area contributed by atoms with Crippen molar-refractivity contribution in [2.45, 2.75) is 0 Å². The zero-order chi connectivity index (χ0) is 17.8. The second kappa shape index (κ2) is 7.04. The van der Waals surface area contributed by atoms with Crippen molar-refractivity contribution in [3.05, 3.63) is 48.3 Å². The second-order valence-corrected chi connectivity index (χ2v) is 5.12. The number of hydrogen-bond donors (Lipinski definition) is 1. The summed E-state index contributed by atoms with van der Waals surface area (Å²) < 4.78 is 15.5. The molecule has 1 N–H and O–H groups in total. The van der Waals surface area contributed by atoms with Crippen LogP contribution in [-0.4, -0.2) is 37.3 Å². The number of nitrogens with one attached hydrogen (secondary N) is 1. The van der Waals surface area contributed by atoms with Crippen LogP contribution >= 0.6 is 0 Å². The SMILES string of the molecule is COC(=O)c1cccc(Nc2ncnc3c(OC)c(OC)ccc23)c1. The van der Waals surface area contributed by atoms with Gasteiger partial charge in [0.25, 0.3) is 0 Å². The van der Waals surface area contributed by atoms with Crippen LogP contribution in [0.25, 0.3) is 10.9 Å². The highest BCUT2D eigenvalue weighted by Gasteiger charge is 2.14. The zero-order valence-corrected chi connectivity index (χ0v) is 14.1. The van der Waals surface area contributed by atoms with Crippen molar-refractivity contribution in [3.8, 4) is 11.5 Å². The Balaban J connectivity index is 2.04. The molecule has 2 aromatic carbocycles. The summed E-state index contributed by atoms with van der Waals surface area (Å²) in [7, 11) is 4.48.